The third-order valence-corrected chi connectivity index (χ3v) is 9.80. The number of amides is 1. The predicted molar refractivity (Wildman–Crippen MR) is 200 cm³/mol. The number of hydrogen-bond donors (Lipinski definition) is 3. The minimum absolute atomic E-state index is 0.0234. The molecule has 288 valence electrons. The number of likely N-dealkylation sites (N-methyl/N-ethyl adjacent to an activating group) is 2. The average molecular weight is 735 g/mol. The fourth-order valence-corrected chi connectivity index (χ4v) is 5.48. The molecule has 1 amide bonds. The van der Waals surface area contributed by atoms with E-state index in [1.165, 1.54) is 14.2 Å². The first-order chi connectivity index (χ1) is 24.9. The summed E-state index contributed by atoms with van der Waals surface area (Å²) in [4.78, 5) is 38.7. The van der Waals surface area contributed by atoms with Crippen LogP contribution in [0.3, 0.4) is 0 Å². The van der Waals surface area contributed by atoms with E-state index in [-0.39, 0.29) is 28.6 Å². The third-order valence-electron chi connectivity index (χ3n) is 9.80. The van der Waals surface area contributed by atoms with Crippen LogP contribution in [0.2, 0.25) is 0 Å². The predicted octanol–water partition coefficient (Wildman–Crippen LogP) is 5.22. The number of fused-ring (bicyclic) bond motifs is 3. The molecule has 0 saturated heterocycles. The van der Waals surface area contributed by atoms with Crippen molar-refractivity contribution >= 4 is 17.8 Å². The lowest BCUT2D eigenvalue weighted by Gasteiger charge is -2.32. The van der Waals surface area contributed by atoms with Gasteiger partial charge in [-0.1, -0.05) is 18.2 Å². The monoisotopic (exact) mass is 734 g/mol. The van der Waals surface area contributed by atoms with Gasteiger partial charge in [0, 0.05) is 58.5 Å². The van der Waals surface area contributed by atoms with Crippen molar-refractivity contribution in [3.63, 3.8) is 0 Å². The fourth-order valence-electron chi connectivity index (χ4n) is 5.48. The molecule has 53 heavy (non-hydrogen) atoms. The summed E-state index contributed by atoms with van der Waals surface area (Å²) in [6.45, 7) is 16.7. The van der Waals surface area contributed by atoms with E-state index in [0.717, 1.165) is 47.8 Å². The van der Waals surface area contributed by atoms with E-state index in [2.05, 4.69) is 68.4 Å². The van der Waals surface area contributed by atoms with Crippen LogP contribution in [0.15, 0.2) is 54.6 Å². The quantitative estimate of drug-likeness (QED) is 0.184. The largest absolute Gasteiger partial charge is 0.491 e. The van der Waals surface area contributed by atoms with Gasteiger partial charge in [0.1, 0.15) is 37.1 Å². The highest BCUT2D eigenvalue weighted by Crippen LogP contribution is 2.31. The third kappa shape index (κ3) is 10.5. The van der Waals surface area contributed by atoms with E-state index in [1.54, 1.807) is 41.9 Å². The Morgan fingerprint density at radius 1 is 0.660 bits per heavy atom. The zero-order valence-corrected chi connectivity index (χ0v) is 32.5. The van der Waals surface area contributed by atoms with E-state index >= 15 is 0 Å². The maximum absolute atomic E-state index is 11.5. The Labute approximate surface area is 312 Å². The highest BCUT2D eigenvalue weighted by atomic mass is 16.5. The number of ether oxygens (including phenoxy) is 5. The fraction of sp³-hybridized carbons (Fsp3) is 0.475. The Morgan fingerprint density at radius 3 is 1.51 bits per heavy atom. The molecule has 3 N–H and O–H groups in total. The number of nitrogens with zero attached hydrogens (tertiary/aromatic N) is 2. The van der Waals surface area contributed by atoms with Crippen molar-refractivity contribution in [3.8, 4) is 17.2 Å². The summed E-state index contributed by atoms with van der Waals surface area (Å²) < 4.78 is 26.7. The van der Waals surface area contributed by atoms with Crippen LogP contribution in [0.1, 0.15) is 89.3 Å². The van der Waals surface area contributed by atoms with Crippen molar-refractivity contribution in [1.82, 2.24) is 20.6 Å². The van der Waals surface area contributed by atoms with E-state index in [4.69, 9.17) is 24.2 Å². The standard InChI is InChI=1S/C14H19NO3.C13H18N2O3.C13H17NO3/c1-14(2)9-18-12-7-10(13(16)17-4)5-6-11(12)8-15(14)3;1-13(2)8-18-11-6-9(12(16)14-17)4-5-10(11)7-15(13)3;1-13(2)8-17-11-6-9(12(15)16-3)4-5-10(11)7-14-13/h5-7H,8-9H2,1-4H3;4-6,17H,7-8H2,1-3H3,(H,14,16);4-6,14H,7-8H2,1-3H3. The van der Waals surface area contributed by atoms with Gasteiger partial charge >= 0.3 is 11.9 Å². The van der Waals surface area contributed by atoms with Crippen molar-refractivity contribution in [3.05, 3.63) is 88.0 Å². The van der Waals surface area contributed by atoms with Gasteiger partial charge in [-0.05, 0) is 92.0 Å². The lowest BCUT2D eigenvalue weighted by atomic mass is 10.0. The van der Waals surface area contributed by atoms with Gasteiger partial charge in [0.05, 0.1) is 25.3 Å². The number of methoxy groups -OCH3 is 2. The zero-order valence-electron chi connectivity index (χ0n) is 32.5. The van der Waals surface area contributed by atoms with Crippen molar-refractivity contribution in [2.45, 2.75) is 77.8 Å². The van der Waals surface area contributed by atoms with Crippen LogP contribution in [-0.4, -0.2) is 97.6 Å². The maximum atomic E-state index is 11.5. The molecule has 0 radical (unpaired) electrons. The molecule has 0 atom stereocenters. The molecular formula is C40H54N4O9. The van der Waals surface area contributed by atoms with Crippen LogP contribution in [-0.2, 0) is 29.1 Å². The summed E-state index contributed by atoms with van der Waals surface area (Å²) in [7, 11) is 6.88. The number of benzene rings is 3. The number of carbonyl (C=O) groups is 3. The Balaban J connectivity index is 0.000000178. The van der Waals surface area contributed by atoms with Gasteiger partial charge in [-0.3, -0.25) is 19.8 Å². The summed E-state index contributed by atoms with van der Waals surface area (Å²) in [5, 5.41) is 12.0. The van der Waals surface area contributed by atoms with Gasteiger partial charge in [-0.2, -0.15) is 0 Å². The number of nitrogens with one attached hydrogen (secondary N) is 2. The molecular weight excluding hydrogens is 680 g/mol. The number of hydroxylamine groups is 1. The van der Waals surface area contributed by atoms with E-state index in [0.29, 0.717) is 42.3 Å². The molecule has 0 saturated carbocycles. The van der Waals surface area contributed by atoms with E-state index in [1.807, 2.05) is 25.2 Å². The van der Waals surface area contributed by atoms with Gasteiger partial charge in [-0.25, -0.2) is 15.1 Å². The molecule has 3 aliphatic rings. The number of hydrogen-bond acceptors (Lipinski definition) is 12. The smallest absolute Gasteiger partial charge is 0.337 e. The van der Waals surface area contributed by atoms with Crippen LogP contribution in [0.25, 0.3) is 0 Å². The highest BCUT2D eigenvalue weighted by Gasteiger charge is 2.30. The molecule has 0 unspecified atom stereocenters. The molecule has 13 nitrogen and oxygen atoms in total. The molecule has 6 rings (SSSR count). The summed E-state index contributed by atoms with van der Waals surface area (Å²) in [5.74, 6) is 1.03. The topological polar surface area (TPSA) is 148 Å². The molecule has 3 aromatic carbocycles. The molecule has 3 aliphatic heterocycles. The molecule has 0 aromatic heterocycles. The average Bonchev–Trinajstić information content (AvgIpc) is 3.43. The molecule has 0 spiro atoms. The first-order valence-electron chi connectivity index (χ1n) is 17.5. The van der Waals surface area contributed by atoms with Gasteiger partial charge in [0.25, 0.3) is 5.91 Å². The van der Waals surface area contributed by atoms with Crippen LogP contribution in [0, 0.1) is 0 Å². The van der Waals surface area contributed by atoms with Crippen molar-refractivity contribution in [2.24, 2.45) is 0 Å². The highest BCUT2D eigenvalue weighted by molar-refractivity contribution is 5.94. The Kier molecular flexibility index (Phi) is 13.2. The molecule has 3 heterocycles. The first kappa shape index (κ1) is 41.1. The second-order valence-corrected chi connectivity index (χ2v) is 15.3. The SMILES string of the molecule is CN1Cc2ccc(C(=O)NO)cc2OCC1(C)C.COC(=O)c1ccc2c(c1)OCC(C)(C)N(C)C2.COC(=O)c1ccc2c(c1)OCC(C)(C)NC2. The van der Waals surface area contributed by atoms with Crippen LogP contribution < -0.4 is 25.0 Å². The Morgan fingerprint density at radius 2 is 1.06 bits per heavy atom. The van der Waals surface area contributed by atoms with Crippen molar-refractivity contribution < 1.29 is 43.3 Å². The van der Waals surface area contributed by atoms with Gasteiger partial charge in [0.2, 0.25) is 0 Å². The Bertz CT molecular complexity index is 1700. The lowest BCUT2D eigenvalue weighted by molar-refractivity contribution is 0.0591. The summed E-state index contributed by atoms with van der Waals surface area (Å²) in [6, 6.07) is 16.1. The maximum Gasteiger partial charge on any atom is 0.337 e. The second kappa shape index (κ2) is 17.0. The molecule has 0 fully saturated rings. The number of esters is 2. The summed E-state index contributed by atoms with van der Waals surface area (Å²) in [6.07, 6.45) is 0. The van der Waals surface area contributed by atoms with Gasteiger partial charge in [-0.15, -0.1) is 0 Å². The van der Waals surface area contributed by atoms with E-state index in [9.17, 15) is 14.4 Å². The first-order valence-corrected chi connectivity index (χ1v) is 17.5. The molecule has 0 aliphatic carbocycles. The summed E-state index contributed by atoms with van der Waals surface area (Å²) in [5.41, 5.74) is 6.10. The zero-order chi connectivity index (χ0) is 39.1. The van der Waals surface area contributed by atoms with Crippen molar-refractivity contribution in [1.29, 1.82) is 0 Å². The van der Waals surface area contributed by atoms with Crippen LogP contribution in [0.5, 0.6) is 17.2 Å². The van der Waals surface area contributed by atoms with Crippen molar-refractivity contribution in [2.75, 3.05) is 48.1 Å². The normalized spacial score (nSPS) is 18.2. The summed E-state index contributed by atoms with van der Waals surface area (Å²) >= 11 is 0. The minimum atomic E-state index is -0.529. The second-order valence-electron chi connectivity index (χ2n) is 15.3. The Hall–Kier alpha value is -4.69. The molecule has 3 aromatic rings. The minimum Gasteiger partial charge on any atom is -0.491 e. The van der Waals surface area contributed by atoms with Gasteiger partial charge in [0.15, 0.2) is 0 Å². The van der Waals surface area contributed by atoms with Crippen LogP contribution >= 0.6 is 0 Å². The van der Waals surface area contributed by atoms with Crippen LogP contribution in [0.4, 0.5) is 0 Å². The number of carbonyl (C=O) groups excluding carboxylic acids is 3. The van der Waals surface area contributed by atoms with E-state index < -0.39 is 5.91 Å². The number of rotatable bonds is 3. The van der Waals surface area contributed by atoms with Gasteiger partial charge < -0.3 is 29.0 Å². The molecule has 13 heteroatoms. The molecule has 0 bridgehead atoms. The lowest BCUT2D eigenvalue weighted by Crippen LogP contribution is -2.43.